The molecule has 1 heterocycles. The van der Waals surface area contributed by atoms with Gasteiger partial charge in [0.2, 0.25) is 11.9 Å². The van der Waals surface area contributed by atoms with Crippen LogP contribution in [0.1, 0.15) is 11.4 Å². The van der Waals surface area contributed by atoms with Crippen molar-refractivity contribution in [2.45, 2.75) is 13.3 Å². The lowest BCUT2D eigenvalue weighted by Crippen LogP contribution is -2.16. The van der Waals surface area contributed by atoms with Gasteiger partial charge in [0.1, 0.15) is 11.6 Å². The van der Waals surface area contributed by atoms with Crippen molar-refractivity contribution < 1.29 is 14.6 Å². The lowest BCUT2D eigenvalue weighted by atomic mass is 10.1. The maximum Gasteiger partial charge on any atom is 0.341 e. The maximum atomic E-state index is 10.5. The summed E-state index contributed by atoms with van der Waals surface area (Å²) in [5.41, 5.74) is 1.10. The number of ether oxygens (including phenoxy) is 1. The van der Waals surface area contributed by atoms with Crippen LogP contribution in [0.15, 0.2) is 24.3 Å². The number of hydrogen-bond acceptors (Lipinski definition) is 7. The van der Waals surface area contributed by atoms with E-state index in [-0.39, 0.29) is 6.61 Å². The van der Waals surface area contributed by atoms with Gasteiger partial charge in [-0.05, 0) is 31.0 Å². The predicted molar refractivity (Wildman–Crippen MR) is 90.7 cm³/mol. The van der Waals surface area contributed by atoms with Crippen molar-refractivity contribution in [1.29, 1.82) is 0 Å². The van der Waals surface area contributed by atoms with Crippen molar-refractivity contribution >= 4 is 17.9 Å². The standard InChI is InChI=1S/C16H21N5O3/c1-11-18-15(20-16(19-11)21(2)3)17-9-8-12-4-6-13(7-5-12)24-10-14(22)23/h4-7H,8-10H2,1-3H3,(H,22,23)(H,17,18,19,20). The highest BCUT2D eigenvalue weighted by atomic mass is 16.5. The largest absolute Gasteiger partial charge is 0.482 e. The van der Waals surface area contributed by atoms with E-state index in [1.54, 1.807) is 12.1 Å². The molecular weight excluding hydrogens is 310 g/mol. The summed E-state index contributed by atoms with van der Waals surface area (Å²) in [6.45, 7) is 2.16. The number of carboxylic acids is 1. The van der Waals surface area contributed by atoms with E-state index >= 15 is 0 Å². The second-order valence-corrected chi connectivity index (χ2v) is 5.40. The number of aryl methyl sites for hydroxylation is 1. The maximum absolute atomic E-state index is 10.5. The molecule has 0 amide bonds. The van der Waals surface area contributed by atoms with Gasteiger partial charge in [0.05, 0.1) is 0 Å². The Morgan fingerprint density at radius 3 is 2.54 bits per heavy atom. The molecular formula is C16H21N5O3. The Balaban J connectivity index is 1.87. The normalized spacial score (nSPS) is 10.3. The Morgan fingerprint density at radius 1 is 1.21 bits per heavy atom. The minimum atomic E-state index is -0.993. The molecule has 0 aliphatic heterocycles. The molecule has 2 rings (SSSR count). The summed E-state index contributed by atoms with van der Waals surface area (Å²) in [5.74, 6) is 1.37. The van der Waals surface area contributed by atoms with Crippen molar-refractivity contribution in [2.24, 2.45) is 0 Å². The van der Waals surface area contributed by atoms with Crippen molar-refractivity contribution in [3.05, 3.63) is 35.7 Å². The van der Waals surface area contributed by atoms with Crippen LogP contribution in [-0.2, 0) is 11.2 Å². The SMILES string of the molecule is Cc1nc(NCCc2ccc(OCC(=O)O)cc2)nc(N(C)C)n1. The Morgan fingerprint density at radius 2 is 1.92 bits per heavy atom. The van der Waals surface area contributed by atoms with E-state index in [9.17, 15) is 4.79 Å². The van der Waals surface area contributed by atoms with E-state index < -0.39 is 5.97 Å². The molecule has 0 radical (unpaired) electrons. The van der Waals surface area contributed by atoms with Crippen LogP contribution in [-0.4, -0.2) is 53.3 Å². The highest BCUT2D eigenvalue weighted by Crippen LogP contribution is 2.13. The van der Waals surface area contributed by atoms with Gasteiger partial charge in [0.25, 0.3) is 0 Å². The molecule has 2 N–H and O–H groups in total. The molecule has 0 atom stereocenters. The van der Waals surface area contributed by atoms with Gasteiger partial charge in [0, 0.05) is 20.6 Å². The van der Waals surface area contributed by atoms with Gasteiger partial charge >= 0.3 is 5.97 Å². The number of anilines is 2. The third-order valence-electron chi connectivity index (χ3n) is 3.12. The van der Waals surface area contributed by atoms with Crippen LogP contribution in [0.4, 0.5) is 11.9 Å². The van der Waals surface area contributed by atoms with Crippen molar-refractivity contribution in [3.63, 3.8) is 0 Å². The van der Waals surface area contributed by atoms with Crippen molar-refractivity contribution in [2.75, 3.05) is 37.5 Å². The lowest BCUT2D eigenvalue weighted by molar-refractivity contribution is -0.139. The molecule has 0 saturated heterocycles. The number of rotatable bonds is 8. The predicted octanol–water partition coefficient (Wildman–Crippen LogP) is 1.36. The number of hydrogen-bond donors (Lipinski definition) is 2. The van der Waals surface area contributed by atoms with E-state index in [1.165, 1.54) is 0 Å². The fraction of sp³-hybridized carbons (Fsp3) is 0.375. The first-order valence-electron chi connectivity index (χ1n) is 7.51. The number of carboxylic acid groups (broad SMARTS) is 1. The molecule has 0 aliphatic carbocycles. The topological polar surface area (TPSA) is 100 Å². The van der Waals surface area contributed by atoms with E-state index in [1.807, 2.05) is 38.1 Å². The first kappa shape index (κ1) is 17.5. The highest BCUT2D eigenvalue weighted by Gasteiger charge is 2.05. The van der Waals surface area contributed by atoms with Gasteiger partial charge in [-0.1, -0.05) is 12.1 Å². The molecule has 24 heavy (non-hydrogen) atoms. The van der Waals surface area contributed by atoms with Crippen LogP contribution in [0.5, 0.6) is 5.75 Å². The zero-order valence-electron chi connectivity index (χ0n) is 14.0. The van der Waals surface area contributed by atoms with E-state index in [0.717, 1.165) is 12.0 Å². The van der Waals surface area contributed by atoms with E-state index in [4.69, 9.17) is 9.84 Å². The summed E-state index contributed by atoms with van der Waals surface area (Å²) in [6.07, 6.45) is 0.779. The summed E-state index contributed by atoms with van der Waals surface area (Å²) < 4.78 is 5.10. The third kappa shape index (κ3) is 5.38. The average molecular weight is 331 g/mol. The Hall–Kier alpha value is -2.90. The van der Waals surface area contributed by atoms with Crippen molar-refractivity contribution in [1.82, 2.24) is 15.0 Å². The van der Waals surface area contributed by atoms with E-state index in [2.05, 4.69) is 20.3 Å². The fourth-order valence-electron chi connectivity index (χ4n) is 1.96. The number of aliphatic carboxylic acids is 1. The first-order chi connectivity index (χ1) is 11.4. The zero-order valence-corrected chi connectivity index (χ0v) is 14.0. The molecule has 0 fully saturated rings. The Kier molecular flexibility index (Phi) is 5.89. The zero-order chi connectivity index (χ0) is 17.5. The second kappa shape index (κ2) is 8.09. The molecule has 0 aliphatic rings. The smallest absolute Gasteiger partial charge is 0.341 e. The van der Waals surface area contributed by atoms with Gasteiger partial charge < -0.3 is 20.1 Å². The Labute approximate surface area is 140 Å². The number of benzene rings is 1. The lowest BCUT2D eigenvalue weighted by Gasteiger charge is -2.12. The summed E-state index contributed by atoms with van der Waals surface area (Å²) in [7, 11) is 3.76. The van der Waals surface area contributed by atoms with Gasteiger partial charge in [-0.15, -0.1) is 0 Å². The molecule has 1 aromatic heterocycles. The molecule has 2 aromatic rings. The number of nitrogens with one attached hydrogen (secondary N) is 1. The van der Waals surface area contributed by atoms with Crippen LogP contribution >= 0.6 is 0 Å². The minimum Gasteiger partial charge on any atom is -0.482 e. The molecule has 1 aromatic carbocycles. The molecule has 8 heteroatoms. The van der Waals surface area contributed by atoms with Crippen LogP contribution in [0.2, 0.25) is 0 Å². The monoisotopic (exact) mass is 331 g/mol. The van der Waals surface area contributed by atoms with Crippen LogP contribution in [0, 0.1) is 6.92 Å². The molecule has 0 spiro atoms. The van der Waals surface area contributed by atoms with Crippen molar-refractivity contribution in [3.8, 4) is 5.75 Å². The van der Waals surface area contributed by atoms with E-state index in [0.29, 0.717) is 30.0 Å². The second-order valence-electron chi connectivity index (χ2n) is 5.40. The summed E-state index contributed by atoms with van der Waals surface area (Å²) in [5, 5.41) is 11.8. The average Bonchev–Trinajstić information content (AvgIpc) is 2.53. The van der Waals surface area contributed by atoms with Gasteiger partial charge in [-0.25, -0.2) is 4.79 Å². The highest BCUT2D eigenvalue weighted by molar-refractivity contribution is 5.68. The number of aromatic nitrogens is 3. The number of carbonyl (C=O) groups is 1. The van der Waals surface area contributed by atoms with Crippen LogP contribution in [0.3, 0.4) is 0 Å². The minimum absolute atomic E-state index is 0.339. The molecule has 8 nitrogen and oxygen atoms in total. The first-order valence-corrected chi connectivity index (χ1v) is 7.51. The summed E-state index contributed by atoms with van der Waals surface area (Å²) in [4.78, 5) is 25.1. The van der Waals surface area contributed by atoms with Crippen LogP contribution < -0.4 is 15.0 Å². The molecule has 0 saturated carbocycles. The summed E-state index contributed by atoms with van der Waals surface area (Å²) >= 11 is 0. The molecule has 128 valence electrons. The quantitative estimate of drug-likeness (QED) is 0.748. The molecule has 0 bridgehead atoms. The third-order valence-corrected chi connectivity index (χ3v) is 3.12. The Bertz CT molecular complexity index is 689. The number of nitrogens with zero attached hydrogens (tertiary/aromatic N) is 4. The van der Waals surface area contributed by atoms with Crippen LogP contribution in [0.25, 0.3) is 0 Å². The fourth-order valence-corrected chi connectivity index (χ4v) is 1.96. The summed E-state index contributed by atoms with van der Waals surface area (Å²) in [6, 6.07) is 7.33. The molecule has 0 unspecified atom stereocenters. The van der Waals surface area contributed by atoms with Gasteiger partial charge in [-0.3, -0.25) is 0 Å². The van der Waals surface area contributed by atoms with Gasteiger partial charge in [-0.2, -0.15) is 15.0 Å². The van der Waals surface area contributed by atoms with Gasteiger partial charge in [0.15, 0.2) is 6.61 Å².